The van der Waals surface area contributed by atoms with Gasteiger partial charge in [-0.15, -0.1) is 0 Å². The fraction of sp³-hybridized carbons (Fsp3) is 0.843. The van der Waals surface area contributed by atoms with Crippen LogP contribution in [0.4, 0.5) is 0 Å². The van der Waals surface area contributed by atoms with Crippen LogP contribution in [-0.2, 0) is 24.4 Å². The van der Waals surface area contributed by atoms with Gasteiger partial charge < -0.3 is 27.0 Å². The molecule has 530 valence electrons. The summed E-state index contributed by atoms with van der Waals surface area (Å²) >= 11 is 0. The normalized spacial score (nSPS) is 44.4. The molecule has 1 saturated heterocycles. The molecule has 11 aliphatic rings. The van der Waals surface area contributed by atoms with Crippen molar-refractivity contribution in [3.05, 3.63) is 67.6 Å². The van der Waals surface area contributed by atoms with E-state index >= 15 is 0 Å². The Labute approximate surface area is 588 Å². The van der Waals surface area contributed by atoms with E-state index in [0.717, 1.165) is 94.5 Å². The zero-order chi connectivity index (χ0) is 66.8. The summed E-state index contributed by atoms with van der Waals surface area (Å²) in [5, 5.41) is 33.1. The molecule has 1 heterocycles. The maximum atomic E-state index is 14.5. The van der Waals surface area contributed by atoms with Gasteiger partial charge in [0.2, 0.25) is 0 Å². The van der Waals surface area contributed by atoms with Gasteiger partial charge in [-0.2, -0.15) is 6.42 Å². The van der Waals surface area contributed by atoms with Crippen molar-refractivity contribution in [2.45, 2.75) is 334 Å². The van der Waals surface area contributed by atoms with Crippen LogP contribution in [0.1, 0.15) is 296 Å². The van der Waals surface area contributed by atoms with Gasteiger partial charge in [-0.3, -0.25) is 0 Å². The van der Waals surface area contributed by atoms with E-state index in [1.807, 2.05) is 50.2 Å². The number of aliphatic hydroxyl groups is 3. The van der Waals surface area contributed by atoms with Gasteiger partial charge in [0, 0.05) is 0 Å². The van der Waals surface area contributed by atoms with Gasteiger partial charge in [0.25, 0.3) is 0 Å². The summed E-state index contributed by atoms with van der Waals surface area (Å²) in [5.41, 5.74) is 0.497. The van der Waals surface area contributed by atoms with E-state index in [0.29, 0.717) is 86.4 Å². The molecule has 8 nitrogen and oxygen atoms in total. The third kappa shape index (κ3) is 15.9. The van der Waals surface area contributed by atoms with Crippen molar-refractivity contribution in [3.63, 3.8) is 0 Å². The van der Waals surface area contributed by atoms with Gasteiger partial charge in [0.1, 0.15) is 0 Å². The number of rotatable bonds is 13. The molecule has 1 aliphatic heterocycles. The molecule has 2 aromatic rings. The summed E-state index contributed by atoms with van der Waals surface area (Å²) in [5.74, 6) is 7.00. The zero-order valence-electron chi connectivity index (χ0n) is 61.5. The minimum absolute atomic E-state index is 0. The Morgan fingerprint density at radius 2 is 0.915 bits per heavy atom. The monoisotopic (exact) mass is 1330 g/mol. The van der Waals surface area contributed by atoms with Crippen molar-refractivity contribution in [2.75, 3.05) is 12.4 Å². The second kappa shape index (κ2) is 29.6. The Bertz CT molecular complexity index is 2980. The van der Waals surface area contributed by atoms with Crippen LogP contribution in [0, 0.1) is 110 Å². The van der Waals surface area contributed by atoms with Gasteiger partial charge in [-0.25, -0.2) is 16.8 Å². The first-order chi connectivity index (χ1) is 43.1. The predicted molar refractivity (Wildman–Crippen MR) is 385 cm³/mol. The molecule has 19 atom stereocenters. The first kappa shape index (κ1) is 78.5. The average Bonchev–Trinajstić information content (AvgIpc) is 1.33. The second-order valence-corrected chi connectivity index (χ2v) is 40.8. The van der Waals surface area contributed by atoms with Crippen LogP contribution >= 0.6 is 0 Å². The third-order valence-corrected chi connectivity index (χ3v) is 35.2. The maximum Gasteiger partial charge on any atom is 1.00 e. The smallest absolute Gasteiger partial charge is 0.390 e. The second-order valence-electron chi connectivity index (χ2n) is 36.6. The van der Waals surface area contributed by atoms with Crippen molar-refractivity contribution in [3.8, 4) is 0 Å². The molecule has 2 aromatic carbocycles. The number of fused-ring (bicyclic) bond motifs is 10. The van der Waals surface area contributed by atoms with E-state index < -0.39 is 41.7 Å². The van der Waals surface area contributed by atoms with Gasteiger partial charge in [0.15, 0.2) is 19.7 Å². The molecule has 10 saturated carbocycles. The van der Waals surface area contributed by atoms with Crippen LogP contribution in [0.15, 0.2) is 70.5 Å². The average molecular weight is 1330 g/mol. The van der Waals surface area contributed by atoms with Crippen LogP contribution in [0.25, 0.3) is 0 Å². The van der Waals surface area contributed by atoms with Crippen LogP contribution in [-0.4, -0.2) is 72.2 Å². The number of hydrogen-bond acceptors (Lipinski definition) is 8. The van der Waals surface area contributed by atoms with Crippen LogP contribution in [0.5, 0.6) is 0 Å². The number of unbranched alkanes of at least 4 members (excludes halogenated alkanes) is 1. The molecular weight excluding hydrogens is 1200 g/mol. The van der Waals surface area contributed by atoms with E-state index in [-0.39, 0.29) is 60.1 Å². The van der Waals surface area contributed by atoms with E-state index in [1.165, 1.54) is 116 Å². The van der Waals surface area contributed by atoms with E-state index in [2.05, 4.69) is 83.1 Å². The molecule has 0 aromatic heterocycles. The zero-order valence-corrected chi connectivity index (χ0v) is 63.2. The molecular formula is C83H137LiO8S2. The van der Waals surface area contributed by atoms with Gasteiger partial charge >= 0.3 is 18.9 Å². The fourth-order valence-electron chi connectivity index (χ4n) is 23.9. The van der Waals surface area contributed by atoms with Crippen LogP contribution < -0.4 is 18.9 Å². The number of hydrogen-bond donors (Lipinski definition) is 3. The minimum atomic E-state index is -3.62. The summed E-state index contributed by atoms with van der Waals surface area (Å²) in [7, 11) is -6.86. The van der Waals surface area contributed by atoms with E-state index in [1.54, 1.807) is 24.3 Å². The topological polar surface area (TPSA) is 141 Å². The molecule has 1 spiro atoms. The summed E-state index contributed by atoms with van der Waals surface area (Å²) in [6.45, 7) is 34.7. The van der Waals surface area contributed by atoms with Gasteiger partial charge in [-0.1, -0.05) is 139 Å². The molecule has 0 bridgehead atoms. The van der Waals surface area contributed by atoms with E-state index in [9.17, 15) is 32.2 Å². The van der Waals surface area contributed by atoms with Crippen LogP contribution in [0.2, 0.25) is 0 Å². The molecule has 3 N–H and O–H groups in total. The number of epoxide rings is 1. The molecule has 1 unspecified atom stereocenters. The standard InChI is InChI=1S/C39H62O4S.C29H44O3S.C10H18O.C4H9.CH4.Li/c1-7-35(3)19-23-39(41,24-20-35)26-34(44(42,43)29-11-9-8-10-12-29)27(2)31-15-16-32-30-14-13-28-25-36(4,40)21-22-37(28,5)33(30)17-18-38(31,32)6;1-20(19-33(31,32)22-8-6-5-7-9-22)24-12-13-25-23-11-10-21-18-27(2,30)16-17-28(21,3)26(23)14-15-29(24,25)4;1-3-9(2)4-6-10(7-5-9)8-11-10;1-3-4-2;;/h8-12,27-28,30-34,40-41H,7,13-26H2,1-6H3;5-9,20-21,23-26,30H,10-19H2,1-4H3;3-8H2,1-2H3;1,3-4H2,2H3;1H4;/q;;;-1;;+1/t27-,28-,30-,31+,32-,33-,34?,35?,36-,37-,38+,39?;20-,21+,23+,24-,25+,26+,27+,28+,29-;;;;/m01..../s1. The molecule has 11 heteroatoms. The first-order valence-corrected chi connectivity index (χ1v) is 41.5. The molecule has 0 radical (unpaired) electrons. The molecule has 10 aliphatic carbocycles. The fourth-order valence-corrected chi connectivity index (χ4v) is 27.7. The van der Waals surface area contributed by atoms with Gasteiger partial charge in [-0.05, 0) is 315 Å². The van der Waals surface area contributed by atoms with Crippen molar-refractivity contribution in [1.82, 2.24) is 0 Å². The van der Waals surface area contributed by atoms with Gasteiger partial charge in [0.05, 0.1) is 49.8 Å². The summed E-state index contributed by atoms with van der Waals surface area (Å²) in [6, 6.07) is 18.1. The number of benzene rings is 2. The van der Waals surface area contributed by atoms with Crippen molar-refractivity contribution < 1.29 is 55.8 Å². The Morgan fingerprint density at radius 1 is 0.511 bits per heavy atom. The molecule has 94 heavy (non-hydrogen) atoms. The van der Waals surface area contributed by atoms with Crippen molar-refractivity contribution in [2.24, 2.45) is 104 Å². The Balaban J connectivity index is 0.000000198. The molecule has 13 rings (SSSR count). The van der Waals surface area contributed by atoms with Crippen LogP contribution in [0.3, 0.4) is 0 Å². The molecule has 11 fully saturated rings. The maximum absolute atomic E-state index is 14.5. The van der Waals surface area contributed by atoms with Crippen molar-refractivity contribution >= 4 is 19.7 Å². The number of ether oxygens (including phenoxy) is 1. The number of sulfone groups is 2. The van der Waals surface area contributed by atoms with Crippen molar-refractivity contribution in [1.29, 1.82) is 0 Å². The largest absolute Gasteiger partial charge is 1.00 e. The quantitative estimate of drug-likeness (QED) is 0.102. The third-order valence-electron chi connectivity index (χ3n) is 31.0. The van der Waals surface area contributed by atoms with E-state index in [4.69, 9.17) is 4.74 Å². The Morgan fingerprint density at radius 3 is 1.34 bits per heavy atom. The first-order valence-electron chi connectivity index (χ1n) is 38.3. The Kier molecular flexibility index (Phi) is 24.7. The SMILES string of the molecule is C.CCC1(C)CCC(O)(CC([C@@H](C)[C@H]2CC[C@H]3[C@@H]4CC[C@H]5C[C@@](C)(O)CC[C@]5(C)[C@H]4CC[C@]23C)S(=O)(=O)c2ccccc2)CC1.CCC1(C)CCC2(CC1)CO2.C[C@H](CS(=O)(=O)c1ccccc1)[C@H]1CC[C@H]2[C@@H]3CC[C@H]4C[C@@](C)(O)CC[C@]4(C)[C@H]3CC[C@]12C.[CH2-]CCC.[Li+]. The molecule has 0 amide bonds. The summed E-state index contributed by atoms with van der Waals surface area (Å²) in [6.07, 6.45) is 34.7. The predicted octanol–water partition coefficient (Wildman–Crippen LogP) is 17.5. The Hall–Kier alpha value is -1.22. The summed E-state index contributed by atoms with van der Waals surface area (Å²) < 4.78 is 60.8. The minimum Gasteiger partial charge on any atom is -0.390 e. The summed E-state index contributed by atoms with van der Waals surface area (Å²) in [4.78, 5) is 0.886.